The summed E-state index contributed by atoms with van der Waals surface area (Å²) >= 11 is 1.58. The number of para-hydroxylation sites is 2. The predicted octanol–water partition coefficient (Wildman–Crippen LogP) is 2.49. The van der Waals surface area contributed by atoms with Crippen molar-refractivity contribution in [2.24, 2.45) is 0 Å². The maximum absolute atomic E-state index is 12.9. The van der Waals surface area contributed by atoms with Gasteiger partial charge in [0.2, 0.25) is 11.8 Å². The van der Waals surface area contributed by atoms with E-state index in [2.05, 4.69) is 15.6 Å². The van der Waals surface area contributed by atoms with E-state index in [4.69, 9.17) is 4.74 Å². The maximum atomic E-state index is 12.9. The Kier molecular flexibility index (Phi) is 6.31. The molecule has 1 aliphatic rings. The highest BCUT2D eigenvalue weighted by Crippen LogP contribution is 2.33. The summed E-state index contributed by atoms with van der Waals surface area (Å²) in [4.78, 5) is 43.8. The number of aromatic nitrogens is 2. The number of anilines is 1. The van der Waals surface area contributed by atoms with Gasteiger partial charge in [-0.05, 0) is 43.4 Å². The number of carbonyl (C=O) groups is 2. The van der Waals surface area contributed by atoms with Crippen molar-refractivity contribution in [2.75, 3.05) is 19.0 Å². The number of hydrogen-bond acceptors (Lipinski definition) is 6. The molecule has 2 heterocycles. The minimum Gasteiger partial charge on any atom is -0.495 e. The van der Waals surface area contributed by atoms with Crippen molar-refractivity contribution < 1.29 is 14.3 Å². The van der Waals surface area contributed by atoms with Gasteiger partial charge in [0.1, 0.15) is 17.1 Å². The lowest BCUT2D eigenvalue weighted by molar-refractivity contribution is -0.121. The third-order valence-corrected chi connectivity index (χ3v) is 6.51. The molecular weight excluding hydrogens is 416 g/mol. The van der Waals surface area contributed by atoms with Crippen LogP contribution in [0.3, 0.4) is 0 Å². The molecule has 0 unspecified atom stereocenters. The number of rotatable bonds is 7. The molecule has 0 saturated heterocycles. The molecule has 2 N–H and O–H groups in total. The number of fused-ring (bicyclic) bond motifs is 3. The van der Waals surface area contributed by atoms with Crippen LogP contribution in [-0.2, 0) is 29.0 Å². The van der Waals surface area contributed by atoms with Crippen LogP contribution < -0.4 is 20.9 Å². The van der Waals surface area contributed by atoms with Crippen LogP contribution in [0.5, 0.6) is 5.75 Å². The summed E-state index contributed by atoms with van der Waals surface area (Å²) in [6.07, 6.45) is 5.64. The molecule has 1 aliphatic carbocycles. The molecule has 0 bridgehead atoms. The topological polar surface area (TPSA) is 102 Å². The number of benzene rings is 1. The van der Waals surface area contributed by atoms with Crippen LogP contribution in [0.1, 0.15) is 29.7 Å². The van der Waals surface area contributed by atoms with Gasteiger partial charge in [0.25, 0.3) is 5.56 Å². The molecule has 0 fully saturated rings. The zero-order valence-corrected chi connectivity index (χ0v) is 18.1. The van der Waals surface area contributed by atoms with E-state index in [9.17, 15) is 14.4 Å². The lowest BCUT2D eigenvalue weighted by Crippen LogP contribution is -2.34. The van der Waals surface area contributed by atoms with E-state index >= 15 is 0 Å². The summed E-state index contributed by atoms with van der Waals surface area (Å²) in [5, 5.41) is 6.11. The highest BCUT2D eigenvalue weighted by atomic mass is 32.1. The lowest BCUT2D eigenvalue weighted by Gasteiger charge is -2.11. The smallest absolute Gasteiger partial charge is 0.262 e. The number of aryl methyl sites for hydroxylation is 2. The molecule has 8 nitrogen and oxygen atoms in total. The first-order valence-electron chi connectivity index (χ1n) is 10.3. The molecule has 3 aromatic rings. The number of thiophene rings is 1. The van der Waals surface area contributed by atoms with Gasteiger partial charge in [-0.3, -0.25) is 19.0 Å². The zero-order chi connectivity index (χ0) is 21.8. The van der Waals surface area contributed by atoms with Crippen molar-refractivity contribution in [3.05, 3.63) is 51.4 Å². The Hall–Kier alpha value is -3.20. The summed E-state index contributed by atoms with van der Waals surface area (Å²) < 4.78 is 6.55. The SMILES string of the molecule is COc1ccccc1NC(=O)CCNC(=O)Cn1cnc2sc3c(c2c1=O)CCCC3. The molecule has 0 radical (unpaired) electrons. The number of carbonyl (C=O) groups excluding carboxylic acids is 2. The summed E-state index contributed by atoms with van der Waals surface area (Å²) in [6.45, 7) is 0.0403. The third kappa shape index (κ3) is 4.61. The van der Waals surface area contributed by atoms with Crippen molar-refractivity contribution >= 4 is 39.1 Å². The fourth-order valence-corrected chi connectivity index (χ4v) is 5.00. The van der Waals surface area contributed by atoms with Crippen LogP contribution in [0, 0.1) is 0 Å². The Bertz CT molecular complexity index is 1180. The van der Waals surface area contributed by atoms with Crippen LogP contribution in [0.4, 0.5) is 5.69 Å². The predicted molar refractivity (Wildman–Crippen MR) is 120 cm³/mol. The minimum atomic E-state index is -0.336. The van der Waals surface area contributed by atoms with Crippen molar-refractivity contribution in [1.82, 2.24) is 14.9 Å². The Morgan fingerprint density at radius 2 is 2.00 bits per heavy atom. The molecule has 9 heteroatoms. The highest BCUT2D eigenvalue weighted by Gasteiger charge is 2.20. The van der Waals surface area contributed by atoms with Gasteiger partial charge < -0.3 is 15.4 Å². The van der Waals surface area contributed by atoms with Gasteiger partial charge in [0.05, 0.1) is 24.5 Å². The summed E-state index contributed by atoms with van der Waals surface area (Å²) in [6, 6.07) is 7.11. The van der Waals surface area contributed by atoms with Gasteiger partial charge >= 0.3 is 0 Å². The summed E-state index contributed by atoms with van der Waals surface area (Å²) in [5.74, 6) is -0.00911. The maximum Gasteiger partial charge on any atom is 0.262 e. The van der Waals surface area contributed by atoms with E-state index in [1.165, 1.54) is 22.9 Å². The number of methoxy groups -OCH3 is 1. The van der Waals surface area contributed by atoms with Crippen molar-refractivity contribution in [3.8, 4) is 5.75 Å². The van der Waals surface area contributed by atoms with E-state index in [1.807, 2.05) is 6.07 Å². The molecule has 1 aromatic carbocycles. The lowest BCUT2D eigenvalue weighted by atomic mass is 9.97. The molecule has 0 atom stereocenters. The number of nitrogens with zero attached hydrogens (tertiary/aromatic N) is 2. The second-order valence-electron chi connectivity index (χ2n) is 7.42. The fraction of sp³-hybridized carbons (Fsp3) is 0.364. The molecule has 0 spiro atoms. The van der Waals surface area contributed by atoms with Gasteiger partial charge in [-0.25, -0.2) is 4.98 Å². The fourth-order valence-electron chi connectivity index (χ4n) is 3.78. The van der Waals surface area contributed by atoms with E-state index in [0.29, 0.717) is 16.8 Å². The van der Waals surface area contributed by atoms with E-state index in [-0.39, 0.29) is 36.9 Å². The minimum absolute atomic E-state index is 0.105. The monoisotopic (exact) mass is 440 g/mol. The van der Waals surface area contributed by atoms with Gasteiger partial charge in [-0.15, -0.1) is 11.3 Å². The number of ether oxygens (including phenoxy) is 1. The van der Waals surface area contributed by atoms with Crippen LogP contribution >= 0.6 is 11.3 Å². The Morgan fingerprint density at radius 3 is 2.84 bits per heavy atom. The van der Waals surface area contributed by atoms with Crippen LogP contribution in [-0.4, -0.2) is 35.0 Å². The first-order chi connectivity index (χ1) is 15.1. The first-order valence-corrected chi connectivity index (χ1v) is 11.1. The van der Waals surface area contributed by atoms with Crippen molar-refractivity contribution in [2.45, 2.75) is 38.6 Å². The molecular formula is C22H24N4O4S. The van der Waals surface area contributed by atoms with Crippen LogP contribution in [0.25, 0.3) is 10.2 Å². The first kappa shape index (κ1) is 21.0. The molecule has 0 aliphatic heterocycles. The van der Waals surface area contributed by atoms with Gasteiger partial charge in [-0.1, -0.05) is 12.1 Å². The van der Waals surface area contributed by atoms with Crippen molar-refractivity contribution in [1.29, 1.82) is 0 Å². The van der Waals surface area contributed by atoms with Crippen molar-refractivity contribution in [3.63, 3.8) is 0 Å². The molecule has 31 heavy (non-hydrogen) atoms. The zero-order valence-electron chi connectivity index (χ0n) is 17.3. The molecule has 4 rings (SSSR count). The Balaban J connectivity index is 1.34. The third-order valence-electron chi connectivity index (χ3n) is 5.31. The quantitative estimate of drug-likeness (QED) is 0.588. The van der Waals surface area contributed by atoms with Gasteiger partial charge in [0.15, 0.2) is 0 Å². The van der Waals surface area contributed by atoms with Gasteiger partial charge in [-0.2, -0.15) is 0 Å². The number of amides is 2. The molecule has 2 amide bonds. The van der Waals surface area contributed by atoms with E-state index in [1.54, 1.807) is 29.5 Å². The van der Waals surface area contributed by atoms with Crippen LogP contribution in [0.15, 0.2) is 35.4 Å². The Labute approximate surface area is 183 Å². The number of nitrogens with one attached hydrogen (secondary N) is 2. The second kappa shape index (κ2) is 9.30. The average molecular weight is 441 g/mol. The normalized spacial score (nSPS) is 12.9. The molecule has 0 saturated carbocycles. The molecule has 162 valence electrons. The van der Waals surface area contributed by atoms with E-state index in [0.717, 1.165) is 36.1 Å². The van der Waals surface area contributed by atoms with E-state index < -0.39 is 0 Å². The highest BCUT2D eigenvalue weighted by molar-refractivity contribution is 7.18. The van der Waals surface area contributed by atoms with Crippen LogP contribution in [0.2, 0.25) is 0 Å². The van der Waals surface area contributed by atoms with Gasteiger partial charge in [0, 0.05) is 17.8 Å². The standard InChI is InChI=1S/C22H24N4O4S/c1-30-16-8-4-3-7-15(16)25-18(27)10-11-23-19(28)12-26-13-24-21-20(22(26)29)14-6-2-5-9-17(14)31-21/h3-4,7-8,13H,2,5-6,9-12H2,1H3,(H,23,28)(H,25,27). The largest absolute Gasteiger partial charge is 0.495 e. The summed E-state index contributed by atoms with van der Waals surface area (Å²) in [5.41, 5.74) is 1.51. The molecule has 2 aromatic heterocycles. The average Bonchev–Trinajstić information content (AvgIpc) is 3.15. The second-order valence-corrected chi connectivity index (χ2v) is 8.50. The Morgan fingerprint density at radius 1 is 1.19 bits per heavy atom. The number of hydrogen-bond donors (Lipinski definition) is 2. The summed E-state index contributed by atoms with van der Waals surface area (Å²) in [7, 11) is 1.53.